The molecule has 10 nitrogen and oxygen atoms in total. The fourth-order valence-electron chi connectivity index (χ4n) is 5.57. The van der Waals surface area contributed by atoms with Crippen LogP contribution in [0.3, 0.4) is 0 Å². The van der Waals surface area contributed by atoms with Gasteiger partial charge in [-0.2, -0.15) is 25.5 Å². The number of ether oxygens (including phenoxy) is 2. The lowest BCUT2D eigenvalue weighted by molar-refractivity contribution is -0.0665. The molecule has 10 heteroatoms. The summed E-state index contributed by atoms with van der Waals surface area (Å²) in [4.78, 5) is 13.9. The van der Waals surface area contributed by atoms with Crippen molar-refractivity contribution in [3.63, 3.8) is 0 Å². The number of nitrogens with one attached hydrogen (secondary N) is 1. The summed E-state index contributed by atoms with van der Waals surface area (Å²) in [6, 6.07) is 8.66. The summed E-state index contributed by atoms with van der Waals surface area (Å²) in [5.74, 6) is 1.34. The van der Waals surface area contributed by atoms with Crippen molar-refractivity contribution < 1.29 is 14.6 Å². The van der Waals surface area contributed by atoms with Gasteiger partial charge < -0.3 is 19.9 Å². The number of fused-ring (bicyclic) bond motifs is 3. The zero-order valence-electron chi connectivity index (χ0n) is 19.4. The first-order chi connectivity index (χ1) is 16.8. The molecule has 1 aliphatic heterocycles. The third kappa shape index (κ3) is 3.37. The first-order valence-corrected chi connectivity index (χ1v) is 11.5. The zero-order valence-corrected chi connectivity index (χ0v) is 19.4. The Bertz CT molecular complexity index is 1450. The third-order valence-electron chi connectivity index (χ3n) is 7.01. The Hall–Kier alpha value is -4.15. The molecular weight excluding hydrogens is 446 g/mol. The van der Waals surface area contributed by atoms with Crippen LogP contribution in [0.15, 0.2) is 18.2 Å². The lowest BCUT2D eigenvalue weighted by Crippen LogP contribution is -2.70. The van der Waals surface area contributed by atoms with E-state index in [1.165, 1.54) is 6.08 Å². The topological polar surface area (TPSA) is 142 Å². The van der Waals surface area contributed by atoms with E-state index >= 15 is 0 Å². The van der Waals surface area contributed by atoms with Crippen LogP contribution >= 0.6 is 0 Å². The molecule has 2 aromatic heterocycles. The van der Waals surface area contributed by atoms with Crippen LogP contribution in [-0.2, 0) is 6.54 Å². The van der Waals surface area contributed by atoms with Gasteiger partial charge in [-0.05, 0) is 68.0 Å². The summed E-state index contributed by atoms with van der Waals surface area (Å²) in [6.07, 6.45) is 4.84. The van der Waals surface area contributed by atoms with E-state index in [2.05, 4.69) is 21.4 Å². The molecule has 35 heavy (non-hydrogen) atoms. The average Bonchev–Trinajstić information content (AvgIpc) is 3.13. The maximum absolute atomic E-state index is 10.2. The second-order valence-electron chi connectivity index (χ2n) is 9.87. The number of benzene rings is 1. The quantitative estimate of drug-likeness (QED) is 0.538. The van der Waals surface area contributed by atoms with Crippen molar-refractivity contribution in [3.8, 4) is 29.8 Å². The molecule has 3 aromatic rings. The number of aryl methyl sites for hydroxylation is 2. The SMILES string of the molecule is Cc1cc(/C=C/C#N)cc(C)c1Oc1nc(NC23CC(C#N)(C2)C3)nc2nc3n(c12)C[C@@H](O)CO3. The molecule has 2 bridgehead atoms. The minimum absolute atomic E-state index is 0.159. The molecular formula is C25H23N7O3. The molecule has 1 aromatic carbocycles. The molecule has 3 saturated carbocycles. The van der Waals surface area contributed by atoms with Crippen LogP contribution in [0.5, 0.6) is 17.6 Å². The highest BCUT2D eigenvalue weighted by Gasteiger charge is 2.69. The number of nitrogens with zero attached hydrogens (tertiary/aromatic N) is 6. The lowest BCUT2D eigenvalue weighted by atomic mass is 9.40. The molecule has 176 valence electrons. The average molecular weight is 470 g/mol. The maximum atomic E-state index is 10.2. The van der Waals surface area contributed by atoms with Crippen molar-refractivity contribution in [2.75, 3.05) is 11.9 Å². The van der Waals surface area contributed by atoms with Gasteiger partial charge in [0.05, 0.1) is 24.1 Å². The van der Waals surface area contributed by atoms with Gasteiger partial charge in [-0.25, -0.2) is 0 Å². The molecule has 3 aliphatic carbocycles. The Balaban J connectivity index is 1.42. The van der Waals surface area contributed by atoms with E-state index in [0.717, 1.165) is 36.0 Å². The summed E-state index contributed by atoms with van der Waals surface area (Å²) >= 11 is 0. The van der Waals surface area contributed by atoms with Crippen LogP contribution in [0.4, 0.5) is 5.95 Å². The van der Waals surface area contributed by atoms with Gasteiger partial charge in [0.2, 0.25) is 5.95 Å². The second kappa shape index (κ2) is 7.42. The molecule has 2 N–H and O–H groups in total. The Morgan fingerprint density at radius 3 is 2.63 bits per heavy atom. The van der Waals surface area contributed by atoms with E-state index in [9.17, 15) is 10.4 Å². The summed E-state index contributed by atoms with van der Waals surface area (Å²) in [5.41, 5.74) is 3.26. The number of aliphatic hydroxyl groups excluding tert-OH is 1. The van der Waals surface area contributed by atoms with E-state index in [4.69, 9.17) is 19.7 Å². The molecule has 3 fully saturated rings. The van der Waals surface area contributed by atoms with E-state index in [1.807, 2.05) is 32.0 Å². The monoisotopic (exact) mass is 469 g/mol. The van der Waals surface area contributed by atoms with Gasteiger partial charge >= 0.3 is 0 Å². The number of hydrogen-bond donors (Lipinski definition) is 2. The van der Waals surface area contributed by atoms with Gasteiger partial charge in [-0.3, -0.25) is 4.57 Å². The molecule has 0 spiro atoms. The number of nitriles is 2. The number of imidazole rings is 1. The first kappa shape index (κ1) is 21.4. The second-order valence-corrected chi connectivity index (χ2v) is 9.87. The van der Waals surface area contributed by atoms with Crippen molar-refractivity contribution in [2.45, 2.75) is 51.3 Å². The van der Waals surface area contributed by atoms with Gasteiger partial charge in [0, 0.05) is 11.6 Å². The number of hydrogen-bond acceptors (Lipinski definition) is 9. The molecule has 4 aliphatic rings. The third-order valence-corrected chi connectivity index (χ3v) is 7.01. The predicted octanol–water partition coefficient (Wildman–Crippen LogP) is 3.38. The van der Waals surface area contributed by atoms with E-state index in [1.54, 1.807) is 10.6 Å². The van der Waals surface area contributed by atoms with Crippen molar-refractivity contribution >= 4 is 23.2 Å². The van der Waals surface area contributed by atoms with Gasteiger partial charge in [0.1, 0.15) is 18.5 Å². The molecule has 1 atom stereocenters. The molecule has 0 saturated heterocycles. The van der Waals surface area contributed by atoms with Gasteiger partial charge in [0.15, 0.2) is 11.2 Å². The summed E-state index contributed by atoms with van der Waals surface area (Å²) < 4.78 is 13.8. The zero-order chi connectivity index (χ0) is 24.4. The van der Waals surface area contributed by atoms with E-state index in [-0.39, 0.29) is 17.6 Å². The highest BCUT2D eigenvalue weighted by Crippen LogP contribution is 2.67. The van der Waals surface area contributed by atoms with Crippen LogP contribution in [0, 0.1) is 41.9 Å². The molecule has 0 radical (unpaired) electrons. The van der Waals surface area contributed by atoms with Crippen molar-refractivity contribution in [3.05, 3.63) is 34.9 Å². The fraction of sp³-hybridized carbons (Fsp3) is 0.400. The van der Waals surface area contributed by atoms with Gasteiger partial charge in [-0.15, -0.1) is 0 Å². The highest BCUT2D eigenvalue weighted by molar-refractivity contribution is 5.80. The summed E-state index contributed by atoms with van der Waals surface area (Å²) in [7, 11) is 0. The van der Waals surface area contributed by atoms with Gasteiger partial charge in [0.25, 0.3) is 11.9 Å². The standard InChI is InChI=1S/C25H23N7O3/c1-14-6-16(4-3-5-26)7-15(2)19(14)35-21-18-20(29-23-32(18)8-17(33)9-34-23)28-22(30-21)31-25-10-24(11-25,12-25)13-27/h3-4,6-7,17,33H,8-12H2,1-2H3,(H,28,30,31)/b4-3+/t17-,24?,25?/m1/s1. The van der Waals surface area contributed by atoms with Crippen molar-refractivity contribution in [1.82, 2.24) is 19.5 Å². The van der Waals surface area contributed by atoms with E-state index < -0.39 is 6.10 Å². The number of allylic oxidation sites excluding steroid dienone is 1. The van der Waals surface area contributed by atoms with Crippen LogP contribution in [0.2, 0.25) is 0 Å². The highest BCUT2D eigenvalue weighted by atomic mass is 16.5. The largest absolute Gasteiger partial charge is 0.462 e. The fourth-order valence-corrected chi connectivity index (χ4v) is 5.57. The smallest absolute Gasteiger partial charge is 0.299 e. The normalized spacial score (nSPS) is 26.1. The first-order valence-electron chi connectivity index (χ1n) is 11.5. The van der Waals surface area contributed by atoms with Crippen molar-refractivity contribution in [2.24, 2.45) is 5.41 Å². The maximum Gasteiger partial charge on any atom is 0.299 e. The Morgan fingerprint density at radius 1 is 1.20 bits per heavy atom. The van der Waals surface area contributed by atoms with Crippen LogP contribution in [0.1, 0.15) is 36.0 Å². The Labute approximate surface area is 201 Å². The molecule has 7 rings (SSSR count). The molecule has 3 heterocycles. The molecule has 0 unspecified atom stereocenters. The van der Waals surface area contributed by atoms with Crippen LogP contribution in [-0.4, -0.2) is 42.9 Å². The minimum Gasteiger partial charge on any atom is -0.462 e. The minimum atomic E-state index is -0.678. The Kier molecular flexibility index (Phi) is 4.54. The molecule has 0 amide bonds. The number of aliphatic hydroxyl groups is 1. The number of rotatable bonds is 5. The predicted molar refractivity (Wildman–Crippen MR) is 126 cm³/mol. The summed E-state index contributed by atoms with van der Waals surface area (Å²) in [5, 5.41) is 31.8. The van der Waals surface area contributed by atoms with E-state index in [0.29, 0.717) is 41.3 Å². The van der Waals surface area contributed by atoms with Gasteiger partial charge in [-0.1, -0.05) is 0 Å². The number of anilines is 1. The number of aromatic nitrogens is 4. The Morgan fingerprint density at radius 2 is 1.94 bits per heavy atom. The van der Waals surface area contributed by atoms with Crippen molar-refractivity contribution in [1.29, 1.82) is 10.5 Å². The van der Waals surface area contributed by atoms with Crippen LogP contribution in [0.25, 0.3) is 17.2 Å². The lowest BCUT2D eigenvalue weighted by Gasteiger charge is -2.66. The van der Waals surface area contributed by atoms with Crippen LogP contribution < -0.4 is 14.8 Å². The summed E-state index contributed by atoms with van der Waals surface area (Å²) in [6.45, 7) is 4.33.